The van der Waals surface area contributed by atoms with E-state index in [1.807, 2.05) is 32.0 Å². The molecule has 7 nitrogen and oxygen atoms in total. The Hall–Kier alpha value is -2.77. The Balaban J connectivity index is 1.78. The number of alkyl halides is 1. The topological polar surface area (TPSA) is 68.6 Å². The second kappa shape index (κ2) is 7.23. The van der Waals surface area contributed by atoms with E-state index in [9.17, 15) is 9.18 Å². The fourth-order valence-corrected chi connectivity index (χ4v) is 2.92. The normalized spacial score (nSPS) is 15.6. The van der Waals surface area contributed by atoms with Gasteiger partial charge in [0.15, 0.2) is 0 Å². The van der Waals surface area contributed by atoms with Gasteiger partial charge in [0.1, 0.15) is 23.8 Å². The number of benzene rings is 1. The van der Waals surface area contributed by atoms with E-state index in [1.165, 1.54) is 10.9 Å². The number of nitrogens with zero attached hydrogens (tertiary/aromatic N) is 3. The number of anilines is 1. The number of carbonyl (C=O) groups excluding carboxylic acids is 1. The molecule has 26 heavy (non-hydrogen) atoms. The Morgan fingerprint density at radius 1 is 1.46 bits per heavy atom. The number of nitrogens with one attached hydrogen (secondary N) is 1. The van der Waals surface area contributed by atoms with Crippen LogP contribution in [0.15, 0.2) is 30.6 Å². The molecule has 1 aliphatic rings. The number of hydrogen-bond acceptors (Lipinski definition) is 4. The lowest BCUT2D eigenvalue weighted by atomic mass is 10.1. The van der Waals surface area contributed by atoms with Gasteiger partial charge in [-0.15, -0.1) is 0 Å². The van der Waals surface area contributed by atoms with Gasteiger partial charge in [0.2, 0.25) is 0 Å². The summed E-state index contributed by atoms with van der Waals surface area (Å²) in [6.07, 6.45) is 3.11. The van der Waals surface area contributed by atoms with E-state index in [4.69, 9.17) is 9.47 Å². The molecule has 1 N–H and O–H groups in total. The van der Waals surface area contributed by atoms with Crippen LogP contribution in [0.1, 0.15) is 19.4 Å². The Morgan fingerprint density at radius 2 is 2.27 bits per heavy atom. The second-order valence-corrected chi connectivity index (χ2v) is 6.80. The van der Waals surface area contributed by atoms with Crippen LogP contribution < -0.4 is 14.8 Å². The lowest BCUT2D eigenvalue weighted by Crippen LogP contribution is -2.44. The highest BCUT2D eigenvalue weighted by Gasteiger charge is 2.32. The van der Waals surface area contributed by atoms with Crippen molar-refractivity contribution in [2.45, 2.75) is 32.5 Å². The lowest BCUT2D eigenvalue weighted by Gasteiger charge is -2.29. The van der Waals surface area contributed by atoms with Gasteiger partial charge in [0, 0.05) is 17.8 Å². The third-order valence-electron chi connectivity index (χ3n) is 4.08. The molecule has 1 aromatic heterocycles. The van der Waals surface area contributed by atoms with Crippen LogP contribution in [0.25, 0.3) is 0 Å². The van der Waals surface area contributed by atoms with Gasteiger partial charge in [-0.25, -0.2) is 9.18 Å². The third kappa shape index (κ3) is 4.07. The summed E-state index contributed by atoms with van der Waals surface area (Å²) >= 11 is 0. The fourth-order valence-electron chi connectivity index (χ4n) is 2.92. The Morgan fingerprint density at radius 3 is 3.00 bits per heavy atom. The smallest absolute Gasteiger partial charge is 0.322 e. The van der Waals surface area contributed by atoms with E-state index >= 15 is 0 Å². The number of carbonyl (C=O) groups is 1. The quantitative estimate of drug-likeness (QED) is 0.908. The van der Waals surface area contributed by atoms with Gasteiger partial charge in [0.25, 0.3) is 0 Å². The average molecular weight is 362 g/mol. The Labute approximate surface area is 151 Å². The molecule has 0 aliphatic carbocycles. The largest absolute Gasteiger partial charge is 0.497 e. The molecular formula is C18H23FN4O3. The zero-order valence-corrected chi connectivity index (χ0v) is 15.2. The molecule has 0 bridgehead atoms. The van der Waals surface area contributed by atoms with Crippen molar-refractivity contribution in [3.8, 4) is 11.5 Å². The predicted molar refractivity (Wildman–Crippen MR) is 95.3 cm³/mol. The second-order valence-electron chi connectivity index (χ2n) is 6.80. The minimum atomic E-state index is -0.562. The van der Waals surface area contributed by atoms with Gasteiger partial charge in [-0.1, -0.05) is 0 Å². The molecular weight excluding hydrogens is 339 g/mol. The van der Waals surface area contributed by atoms with Crippen LogP contribution in [-0.4, -0.2) is 46.6 Å². The van der Waals surface area contributed by atoms with Crippen molar-refractivity contribution in [3.05, 3.63) is 36.2 Å². The van der Waals surface area contributed by atoms with Gasteiger partial charge < -0.3 is 19.7 Å². The van der Waals surface area contributed by atoms with Crippen LogP contribution in [0, 0.1) is 0 Å². The maximum Gasteiger partial charge on any atom is 0.322 e. The third-order valence-corrected chi connectivity index (χ3v) is 4.08. The summed E-state index contributed by atoms with van der Waals surface area (Å²) in [6, 6.07) is 5.32. The molecule has 0 saturated carbocycles. The van der Waals surface area contributed by atoms with Crippen molar-refractivity contribution in [1.82, 2.24) is 14.7 Å². The first-order chi connectivity index (χ1) is 12.4. The van der Waals surface area contributed by atoms with Gasteiger partial charge in [-0.2, -0.15) is 5.10 Å². The van der Waals surface area contributed by atoms with E-state index in [2.05, 4.69) is 10.4 Å². The first kappa shape index (κ1) is 18.0. The van der Waals surface area contributed by atoms with Gasteiger partial charge in [-0.05, 0) is 26.0 Å². The zero-order valence-electron chi connectivity index (χ0n) is 15.2. The first-order valence-corrected chi connectivity index (χ1v) is 8.40. The molecule has 1 aromatic carbocycles. The van der Waals surface area contributed by atoms with Crippen LogP contribution in [-0.2, 0) is 13.1 Å². The summed E-state index contributed by atoms with van der Waals surface area (Å²) in [6.45, 7) is 4.34. The number of amides is 2. The number of hydrogen-bond donors (Lipinski definition) is 1. The molecule has 0 unspecified atom stereocenters. The first-order valence-electron chi connectivity index (χ1n) is 8.40. The van der Waals surface area contributed by atoms with Crippen LogP contribution in [0.4, 0.5) is 14.9 Å². The Kier molecular flexibility index (Phi) is 5.01. The molecule has 0 saturated heterocycles. The van der Waals surface area contributed by atoms with Crippen molar-refractivity contribution in [1.29, 1.82) is 0 Å². The van der Waals surface area contributed by atoms with Gasteiger partial charge in [0.05, 0.1) is 38.6 Å². The molecule has 2 amide bonds. The van der Waals surface area contributed by atoms with Crippen LogP contribution >= 0.6 is 0 Å². The fraction of sp³-hybridized carbons (Fsp3) is 0.444. The number of rotatable bonds is 4. The molecule has 2 heterocycles. The van der Waals surface area contributed by atoms with Gasteiger partial charge >= 0.3 is 6.03 Å². The number of halogens is 1. The monoisotopic (exact) mass is 362 g/mol. The molecule has 8 heteroatoms. The van der Waals surface area contributed by atoms with Crippen molar-refractivity contribution in [2.75, 3.05) is 25.6 Å². The molecule has 0 radical (unpaired) electrons. The van der Waals surface area contributed by atoms with E-state index < -0.39 is 12.3 Å². The Bertz CT molecular complexity index is 790. The lowest BCUT2D eigenvalue weighted by molar-refractivity contribution is 0.0833. The maximum atomic E-state index is 12.7. The zero-order chi connectivity index (χ0) is 18.7. The molecule has 140 valence electrons. The minimum Gasteiger partial charge on any atom is -0.497 e. The van der Waals surface area contributed by atoms with Gasteiger partial charge in [-0.3, -0.25) is 4.68 Å². The highest BCUT2D eigenvalue weighted by Crippen LogP contribution is 2.32. The van der Waals surface area contributed by atoms with E-state index in [1.54, 1.807) is 18.2 Å². The van der Waals surface area contributed by atoms with E-state index in [0.29, 0.717) is 30.3 Å². The maximum absolute atomic E-state index is 12.7. The number of aromatic nitrogens is 2. The number of aryl methyl sites for hydroxylation is 1. The van der Waals surface area contributed by atoms with Crippen molar-refractivity contribution in [3.63, 3.8) is 0 Å². The number of ether oxygens (including phenoxy) is 2. The summed E-state index contributed by atoms with van der Waals surface area (Å²) in [5, 5.41) is 6.82. The van der Waals surface area contributed by atoms with E-state index in [0.717, 1.165) is 5.56 Å². The molecule has 1 aliphatic heterocycles. The predicted octanol–water partition coefficient (Wildman–Crippen LogP) is 3.07. The van der Waals surface area contributed by atoms with Crippen molar-refractivity contribution >= 4 is 11.7 Å². The van der Waals surface area contributed by atoms with Crippen LogP contribution in [0.5, 0.6) is 11.5 Å². The SMILES string of the molecule is COc1ccc2c(c1)OC(C)(C)CN(C(=O)Nc1cnn(CCF)c1)C2. The number of methoxy groups -OCH3 is 1. The van der Waals surface area contributed by atoms with Crippen LogP contribution in [0.3, 0.4) is 0 Å². The standard InChI is InChI=1S/C18H23FN4O3/c1-18(2)12-22(10-13-4-5-15(25-3)8-16(13)26-18)17(24)21-14-9-20-23(11-14)7-6-19/h4-5,8-9,11H,6-7,10,12H2,1-3H3,(H,21,24). The highest BCUT2D eigenvalue weighted by molar-refractivity contribution is 5.89. The molecule has 2 aromatic rings. The number of urea groups is 1. The molecule has 0 fully saturated rings. The molecule has 0 spiro atoms. The number of fused-ring (bicyclic) bond motifs is 1. The van der Waals surface area contributed by atoms with Crippen molar-refractivity contribution < 1.29 is 18.7 Å². The minimum absolute atomic E-state index is 0.162. The summed E-state index contributed by atoms with van der Waals surface area (Å²) in [4.78, 5) is 14.4. The molecule has 0 atom stereocenters. The summed E-state index contributed by atoms with van der Waals surface area (Å²) < 4.78 is 25.2. The summed E-state index contributed by atoms with van der Waals surface area (Å²) in [7, 11) is 1.60. The van der Waals surface area contributed by atoms with Crippen molar-refractivity contribution in [2.24, 2.45) is 0 Å². The summed E-state index contributed by atoms with van der Waals surface area (Å²) in [5.41, 5.74) is 0.869. The summed E-state index contributed by atoms with van der Waals surface area (Å²) in [5.74, 6) is 1.41. The molecule has 3 rings (SSSR count). The average Bonchev–Trinajstić information content (AvgIpc) is 2.96. The highest BCUT2D eigenvalue weighted by atomic mass is 19.1. The van der Waals surface area contributed by atoms with Crippen LogP contribution in [0.2, 0.25) is 0 Å². The van der Waals surface area contributed by atoms with E-state index in [-0.39, 0.29) is 12.6 Å².